The van der Waals surface area contributed by atoms with Crippen LogP contribution in [0.1, 0.15) is 5.89 Å². The fourth-order valence-electron chi connectivity index (χ4n) is 3.43. The highest BCUT2D eigenvalue weighted by atomic mass is 16.5. The Balaban J connectivity index is 1.37. The minimum Gasteiger partial charge on any atom is -0.484 e. The summed E-state index contributed by atoms with van der Waals surface area (Å²) in [6, 6.07) is 19.3. The van der Waals surface area contributed by atoms with E-state index >= 15 is 0 Å². The standard InChI is InChI=1S/C24H20N4O3/c29-14-13-28-15-20(17-9-11-25-12-10-17)24(27-28)18-5-7-19(8-6-18)30-16-23-26-21-3-1-2-4-22(21)31-23/h1-12,15,29H,13-14,16H2. The quantitative estimate of drug-likeness (QED) is 0.428. The number of aliphatic hydroxyl groups excluding tert-OH is 1. The minimum absolute atomic E-state index is 0.0273. The lowest BCUT2D eigenvalue weighted by atomic mass is 10.0. The Hall–Kier alpha value is -3.97. The Morgan fingerprint density at radius 1 is 0.935 bits per heavy atom. The van der Waals surface area contributed by atoms with Gasteiger partial charge in [-0.15, -0.1) is 0 Å². The molecule has 2 aromatic carbocycles. The summed E-state index contributed by atoms with van der Waals surface area (Å²) in [7, 11) is 0. The number of aliphatic hydroxyl groups is 1. The first kappa shape index (κ1) is 19.0. The van der Waals surface area contributed by atoms with E-state index in [9.17, 15) is 5.11 Å². The summed E-state index contributed by atoms with van der Waals surface area (Å²) in [5, 5.41) is 14.0. The van der Waals surface area contributed by atoms with Crippen LogP contribution in [0, 0.1) is 0 Å². The number of pyridine rings is 1. The van der Waals surface area contributed by atoms with E-state index in [4.69, 9.17) is 9.15 Å². The summed E-state index contributed by atoms with van der Waals surface area (Å²) in [4.78, 5) is 8.52. The van der Waals surface area contributed by atoms with Crippen molar-refractivity contribution in [2.24, 2.45) is 0 Å². The number of aromatic nitrogens is 4. The molecule has 0 bridgehead atoms. The molecule has 7 nitrogen and oxygen atoms in total. The average Bonchev–Trinajstić information content (AvgIpc) is 3.43. The van der Waals surface area contributed by atoms with Gasteiger partial charge in [0.15, 0.2) is 12.2 Å². The summed E-state index contributed by atoms with van der Waals surface area (Å²) >= 11 is 0. The Morgan fingerprint density at radius 2 is 1.74 bits per heavy atom. The number of para-hydroxylation sites is 2. The topological polar surface area (TPSA) is 86.2 Å². The molecule has 3 heterocycles. The van der Waals surface area contributed by atoms with Gasteiger partial charge in [-0.1, -0.05) is 12.1 Å². The lowest BCUT2D eigenvalue weighted by molar-refractivity contribution is 0.267. The van der Waals surface area contributed by atoms with Crippen molar-refractivity contribution in [1.29, 1.82) is 0 Å². The van der Waals surface area contributed by atoms with Crippen molar-refractivity contribution in [3.8, 4) is 28.1 Å². The molecule has 3 aromatic heterocycles. The van der Waals surface area contributed by atoms with Crippen molar-refractivity contribution < 1.29 is 14.3 Å². The van der Waals surface area contributed by atoms with Crippen LogP contribution in [0.2, 0.25) is 0 Å². The molecule has 0 amide bonds. The number of hydrogen-bond donors (Lipinski definition) is 1. The molecule has 7 heteroatoms. The number of nitrogens with zero attached hydrogens (tertiary/aromatic N) is 4. The molecular formula is C24H20N4O3. The molecule has 0 radical (unpaired) electrons. The average molecular weight is 412 g/mol. The van der Waals surface area contributed by atoms with Gasteiger partial charge in [-0.05, 0) is 54.1 Å². The van der Waals surface area contributed by atoms with Gasteiger partial charge in [-0.3, -0.25) is 9.67 Å². The second kappa shape index (κ2) is 8.41. The Kier molecular flexibility index (Phi) is 5.16. The highest BCUT2D eigenvalue weighted by Gasteiger charge is 2.13. The smallest absolute Gasteiger partial charge is 0.233 e. The fourth-order valence-corrected chi connectivity index (χ4v) is 3.43. The van der Waals surface area contributed by atoms with Crippen molar-refractivity contribution in [3.05, 3.63) is 85.1 Å². The van der Waals surface area contributed by atoms with Gasteiger partial charge in [0.2, 0.25) is 5.89 Å². The largest absolute Gasteiger partial charge is 0.484 e. The molecule has 1 N–H and O–H groups in total. The summed E-state index contributed by atoms with van der Waals surface area (Å²) in [6.45, 7) is 0.713. The van der Waals surface area contributed by atoms with E-state index < -0.39 is 0 Å². The summed E-state index contributed by atoms with van der Waals surface area (Å²) in [5.74, 6) is 1.25. The van der Waals surface area contributed by atoms with Crippen molar-refractivity contribution in [2.45, 2.75) is 13.2 Å². The molecule has 5 aromatic rings. The molecule has 0 saturated heterocycles. The first-order chi connectivity index (χ1) is 15.3. The maximum atomic E-state index is 9.30. The molecule has 0 aliphatic carbocycles. The van der Waals surface area contributed by atoms with E-state index in [-0.39, 0.29) is 13.2 Å². The van der Waals surface area contributed by atoms with E-state index in [0.29, 0.717) is 18.2 Å². The molecule has 0 saturated carbocycles. The van der Waals surface area contributed by atoms with Crippen molar-refractivity contribution in [2.75, 3.05) is 6.61 Å². The lowest BCUT2D eigenvalue weighted by Crippen LogP contribution is -2.02. The maximum Gasteiger partial charge on any atom is 0.233 e. The van der Waals surface area contributed by atoms with Gasteiger partial charge >= 0.3 is 0 Å². The molecule has 0 unspecified atom stereocenters. The monoisotopic (exact) mass is 412 g/mol. The molecule has 5 rings (SSSR count). The maximum absolute atomic E-state index is 9.30. The Morgan fingerprint density at radius 3 is 2.52 bits per heavy atom. The summed E-state index contributed by atoms with van der Waals surface area (Å²) in [5.41, 5.74) is 5.36. The number of hydrogen-bond acceptors (Lipinski definition) is 6. The highest BCUT2D eigenvalue weighted by Crippen LogP contribution is 2.32. The second-order valence-electron chi connectivity index (χ2n) is 7.00. The normalized spacial score (nSPS) is 11.1. The SMILES string of the molecule is OCCn1cc(-c2ccncc2)c(-c2ccc(OCc3nc4ccccc4o3)cc2)n1. The number of fused-ring (bicyclic) bond motifs is 1. The van der Waals surface area contributed by atoms with Crippen LogP contribution < -0.4 is 4.74 Å². The number of ether oxygens (including phenoxy) is 1. The first-order valence-corrected chi connectivity index (χ1v) is 9.96. The van der Waals surface area contributed by atoms with Crippen LogP contribution in [-0.2, 0) is 13.2 Å². The van der Waals surface area contributed by atoms with Gasteiger partial charge < -0.3 is 14.3 Å². The third-order valence-corrected chi connectivity index (χ3v) is 4.91. The van der Waals surface area contributed by atoms with Crippen LogP contribution in [0.3, 0.4) is 0 Å². The highest BCUT2D eigenvalue weighted by molar-refractivity contribution is 5.80. The van der Waals surface area contributed by atoms with E-state index in [2.05, 4.69) is 15.1 Å². The number of benzene rings is 2. The molecule has 0 fully saturated rings. The summed E-state index contributed by atoms with van der Waals surface area (Å²) < 4.78 is 13.3. The molecule has 0 atom stereocenters. The van der Waals surface area contributed by atoms with Gasteiger partial charge in [0.1, 0.15) is 17.0 Å². The van der Waals surface area contributed by atoms with Gasteiger partial charge in [0.05, 0.1) is 13.2 Å². The van der Waals surface area contributed by atoms with E-state index in [0.717, 1.165) is 33.5 Å². The number of rotatable bonds is 7. The molecule has 0 aliphatic rings. The van der Waals surface area contributed by atoms with Crippen LogP contribution in [0.15, 0.2) is 83.7 Å². The zero-order valence-electron chi connectivity index (χ0n) is 16.7. The van der Waals surface area contributed by atoms with Crippen molar-refractivity contribution in [3.63, 3.8) is 0 Å². The van der Waals surface area contributed by atoms with Crippen molar-refractivity contribution in [1.82, 2.24) is 19.7 Å². The van der Waals surface area contributed by atoms with Crippen LogP contribution in [0.25, 0.3) is 33.5 Å². The van der Waals surface area contributed by atoms with Crippen LogP contribution in [-0.4, -0.2) is 31.5 Å². The molecule has 0 aliphatic heterocycles. The molecular weight excluding hydrogens is 392 g/mol. The van der Waals surface area contributed by atoms with E-state index in [1.54, 1.807) is 17.1 Å². The zero-order chi connectivity index (χ0) is 21.0. The molecule has 31 heavy (non-hydrogen) atoms. The van der Waals surface area contributed by atoms with Gasteiger partial charge in [0, 0.05) is 29.7 Å². The zero-order valence-corrected chi connectivity index (χ0v) is 16.7. The summed E-state index contributed by atoms with van der Waals surface area (Å²) in [6.07, 6.45) is 5.45. The fraction of sp³-hybridized carbons (Fsp3) is 0.125. The Bertz CT molecular complexity index is 1260. The van der Waals surface area contributed by atoms with Crippen LogP contribution in [0.4, 0.5) is 0 Å². The van der Waals surface area contributed by atoms with Crippen LogP contribution >= 0.6 is 0 Å². The minimum atomic E-state index is 0.0273. The molecule has 154 valence electrons. The van der Waals surface area contributed by atoms with Crippen molar-refractivity contribution >= 4 is 11.1 Å². The molecule has 0 spiro atoms. The predicted molar refractivity (Wildman–Crippen MR) is 116 cm³/mol. The lowest BCUT2D eigenvalue weighted by Gasteiger charge is -2.06. The predicted octanol–water partition coefficient (Wildman–Crippen LogP) is 4.32. The number of oxazole rings is 1. The third kappa shape index (κ3) is 4.04. The van der Waals surface area contributed by atoms with Gasteiger partial charge in [-0.2, -0.15) is 5.10 Å². The van der Waals surface area contributed by atoms with E-state index in [1.165, 1.54) is 0 Å². The third-order valence-electron chi connectivity index (χ3n) is 4.91. The van der Waals surface area contributed by atoms with Gasteiger partial charge in [0.25, 0.3) is 0 Å². The van der Waals surface area contributed by atoms with E-state index in [1.807, 2.05) is 66.9 Å². The second-order valence-corrected chi connectivity index (χ2v) is 7.00. The first-order valence-electron chi connectivity index (χ1n) is 9.96. The van der Waals surface area contributed by atoms with Crippen LogP contribution in [0.5, 0.6) is 5.75 Å². The van der Waals surface area contributed by atoms with Gasteiger partial charge in [-0.25, -0.2) is 4.98 Å². The Labute approximate surface area is 178 Å².